The highest BCUT2D eigenvalue weighted by molar-refractivity contribution is 5.81. The first kappa shape index (κ1) is 15.5. The molecule has 0 aromatic carbocycles. The van der Waals surface area contributed by atoms with E-state index in [0.29, 0.717) is 6.04 Å². The van der Waals surface area contributed by atoms with Gasteiger partial charge in [-0.2, -0.15) is 0 Å². The Hall–Kier alpha value is -0.870. The van der Waals surface area contributed by atoms with Crippen LogP contribution in [0.25, 0.3) is 0 Å². The predicted molar refractivity (Wildman–Crippen MR) is 82.3 cm³/mol. The lowest BCUT2D eigenvalue weighted by atomic mass is 9.94. The summed E-state index contributed by atoms with van der Waals surface area (Å²) in [7, 11) is 2.19. The van der Waals surface area contributed by atoms with Gasteiger partial charge in [-0.1, -0.05) is 12.2 Å². The fourth-order valence-corrected chi connectivity index (χ4v) is 3.10. The Bertz CT molecular complexity index is 359. The quantitative estimate of drug-likeness (QED) is 0.793. The summed E-state index contributed by atoms with van der Waals surface area (Å²) in [6.07, 6.45) is 7.00. The minimum absolute atomic E-state index is 0.0277. The number of carbonyl (C=O) groups excluding carboxylic acids is 1. The van der Waals surface area contributed by atoms with Crippen LogP contribution in [0, 0.1) is 11.8 Å². The van der Waals surface area contributed by atoms with Crippen LogP contribution in [-0.2, 0) is 4.79 Å². The van der Waals surface area contributed by atoms with Crippen molar-refractivity contribution in [2.75, 3.05) is 26.7 Å². The Morgan fingerprint density at radius 2 is 2.00 bits per heavy atom. The lowest BCUT2D eigenvalue weighted by Crippen LogP contribution is -2.44. The SMILES string of the molecule is CC(C)N(C)CC1CCN(C(=O)C2C=CC(N)C2)CC1. The number of rotatable bonds is 4. The van der Waals surface area contributed by atoms with E-state index in [1.165, 1.54) is 0 Å². The molecule has 1 amide bonds. The van der Waals surface area contributed by atoms with Crippen LogP contribution in [0.4, 0.5) is 0 Å². The maximum Gasteiger partial charge on any atom is 0.229 e. The van der Waals surface area contributed by atoms with Crippen LogP contribution in [0.3, 0.4) is 0 Å². The maximum atomic E-state index is 12.4. The van der Waals surface area contributed by atoms with Crippen molar-refractivity contribution in [3.05, 3.63) is 12.2 Å². The van der Waals surface area contributed by atoms with E-state index >= 15 is 0 Å². The first-order valence-corrected chi connectivity index (χ1v) is 7.90. The lowest BCUT2D eigenvalue weighted by molar-refractivity contribution is -0.135. The second-order valence-electron chi connectivity index (χ2n) is 6.69. The van der Waals surface area contributed by atoms with E-state index in [-0.39, 0.29) is 17.9 Å². The van der Waals surface area contributed by atoms with Crippen LogP contribution >= 0.6 is 0 Å². The number of amides is 1. The Morgan fingerprint density at radius 1 is 1.35 bits per heavy atom. The third-order valence-corrected chi connectivity index (χ3v) is 4.79. The monoisotopic (exact) mass is 279 g/mol. The standard InChI is InChI=1S/C16H29N3O/c1-12(2)18(3)11-13-6-8-19(9-7-13)16(20)14-4-5-15(17)10-14/h4-5,12-15H,6-11,17H2,1-3H3. The molecule has 1 aliphatic heterocycles. The van der Waals surface area contributed by atoms with Crippen LogP contribution < -0.4 is 5.73 Å². The molecule has 2 rings (SSSR count). The molecule has 2 N–H and O–H groups in total. The van der Waals surface area contributed by atoms with Crippen molar-refractivity contribution < 1.29 is 4.79 Å². The summed E-state index contributed by atoms with van der Waals surface area (Å²) < 4.78 is 0. The summed E-state index contributed by atoms with van der Waals surface area (Å²) in [5.74, 6) is 1.04. The highest BCUT2D eigenvalue weighted by Gasteiger charge is 2.30. The second-order valence-corrected chi connectivity index (χ2v) is 6.69. The van der Waals surface area contributed by atoms with Crippen LogP contribution in [0.2, 0.25) is 0 Å². The van der Waals surface area contributed by atoms with Gasteiger partial charge in [0, 0.05) is 31.7 Å². The molecule has 4 heteroatoms. The van der Waals surface area contributed by atoms with Crippen LogP contribution in [0.15, 0.2) is 12.2 Å². The molecule has 4 nitrogen and oxygen atoms in total. The van der Waals surface area contributed by atoms with Gasteiger partial charge in [0.25, 0.3) is 0 Å². The summed E-state index contributed by atoms with van der Waals surface area (Å²) in [4.78, 5) is 16.8. The summed E-state index contributed by atoms with van der Waals surface area (Å²) in [5.41, 5.74) is 5.83. The molecule has 1 fully saturated rings. The zero-order chi connectivity index (χ0) is 14.7. The van der Waals surface area contributed by atoms with Gasteiger partial charge in [-0.25, -0.2) is 0 Å². The van der Waals surface area contributed by atoms with Crippen molar-refractivity contribution in [2.45, 2.75) is 45.2 Å². The van der Waals surface area contributed by atoms with Gasteiger partial charge in [0.05, 0.1) is 5.92 Å². The summed E-state index contributed by atoms with van der Waals surface area (Å²) in [6, 6.07) is 0.668. The van der Waals surface area contributed by atoms with Crippen LogP contribution in [-0.4, -0.2) is 54.5 Å². The number of likely N-dealkylation sites (tertiary alicyclic amines) is 1. The molecule has 0 aromatic heterocycles. The average molecular weight is 279 g/mol. The zero-order valence-electron chi connectivity index (χ0n) is 13.1. The molecule has 0 radical (unpaired) electrons. The van der Waals surface area contributed by atoms with Crippen molar-refractivity contribution in [3.63, 3.8) is 0 Å². The third kappa shape index (κ3) is 3.83. The fourth-order valence-electron chi connectivity index (χ4n) is 3.10. The maximum absolute atomic E-state index is 12.4. The zero-order valence-corrected chi connectivity index (χ0v) is 13.1. The molecule has 0 saturated carbocycles. The molecule has 2 unspecified atom stereocenters. The number of hydrogen-bond donors (Lipinski definition) is 1. The van der Waals surface area contributed by atoms with Gasteiger partial charge in [-0.05, 0) is 46.1 Å². The molecule has 1 saturated heterocycles. The number of nitrogens with zero attached hydrogens (tertiary/aromatic N) is 2. The molecule has 0 bridgehead atoms. The fraction of sp³-hybridized carbons (Fsp3) is 0.812. The third-order valence-electron chi connectivity index (χ3n) is 4.79. The predicted octanol–water partition coefficient (Wildman–Crippen LogP) is 1.47. The molecule has 0 aromatic rings. The smallest absolute Gasteiger partial charge is 0.229 e. The minimum Gasteiger partial charge on any atom is -0.342 e. The van der Waals surface area contributed by atoms with Crippen molar-refractivity contribution in [1.29, 1.82) is 0 Å². The van der Waals surface area contributed by atoms with Gasteiger partial charge >= 0.3 is 0 Å². The Morgan fingerprint density at radius 3 is 2.50 bits per heavy atom. The molecule has 114 valence electrons. The number of carbonyl (C=O) groups is 1. The van der Waals surface area contributed by atoms with Crippen molar-refractivity contribution >= 4 is 5.91 Å². The lowest BCUT2D eigenvalue weighted by Gasteiger charge is -2.35. The van der Waals surface area contributed by atoms with Gasteiger partial charge in [0.1, 0.15) is 0 Å². The summed E-state index contributed by atoms with van der Waals surface area (Å²) in [5, 5.41) is 0. The van der Waals surface area contributed by atoms with E-state index in [9.17, 15) is 4.79 Å². The largest absolute Gasteiger partial charge is 0.342 e. The topological polar surface area (TPSA) is 49.6 Å². The Kier molecular flexibility index (Phi) is 5.22. The highest BCUT2D eigenvalue weighted by Crippen LogP contribution is 2.24. The Labute approximate surface area is 123 Å². The molecule has 2 aliphatic rings. The first-order valence-electron chi connectivity index (χ1n) is 7.90. The summed E-state index contributed by atoms with van der Waals surface area (Å²) in [6.45, 7) is 7.43. The Balaban J connectivity index is 1.76. The second kappa shape index (κ2) is 6.72. The minimum atomic E-state index is 0.0277. The first-order chi connectivity index (χ1) is 9.47. The normalized spacial score (nSPS) is 27.8. The van der Waals surface area contributed by atoms with E-state index in [2.05, 4.69) is 25.8 Å². The van der Waals surface area contributed by atoms with E-state index in [4.69, 9.17) is 5.73 Å². The van der Waals surface area contributed by atoms with E-state index in [0.717, 1.165) is 44.8 Å². The van der Waals surface area contributed by atoms with E-state index in [1.807, 2.05) is 17.1 Å². The number of hydrogen-bond acceptors (Lipinski definition) is 3. The average Bonchev–Trinajstić information content (AvgIpc) is 2.85. The van der Waals surface area contributed by atoms with Crippen molar-refractivity contribution in [3.8, 4) is 0 Å². The van der Waals surface area contributed by atoms with Gasteiger partial charge in [0.15, 0.2) is 0 Å². The summed E-state index contributed by atoms with van der Waals surface area (Å²) >= 11 is 0. The van der Waals surface area contributed by atoms with Gasteiger partial charge in [0.2, 0.25) is 5.91 Å². The van der Waals surface area contributed by atoms with Gasteiger partial charge < -0.3 is 15.5 Å². The van der Waals surface area contributed by atoms with Gasteiger partial charge in [-0.15, -0.1) is 0 Å². The molecular weight excluding hydrogens is 250 g/mol. The van der Waals surface area contributed by atoms with Crippen LogP contribution in [0.5, 0.6) is 0 Å². The molecule has 2 atom stereocenters. The van der Waals surface area contributed by atoms with E-state index in [1.54, 1.807) is 0 Å². The molecule has 1 aliphatic carbocycles. The molecular formula is C16H29N3O. The van der Waals surface area contributed by atoms with E-state index < -0.39 is 0 Å². The molecule has 1 heterocycles. The van der Waals surface area contributed by atoms with Crippen molar-refractivity contribution in [2.24, 2.45) is 17.6 Å². The van der Waals surface area contributed by atoms with Crippen molar-refractivity contribution in [1.82, 2.24) is 9.80 Å². The number of nitrogens with two attached hydrogens (primary N) is 1. The molecule has 0 spiro atoms. The highest BCUT2D eigenvalue weighted by atomic mass is 16.2. The van der Waals surface area contributed by atoms with Crippen LogP contribution in [0.1, 0.15) is 33.1 Å². The molecule has 20 heavy (non-hydrogen) atoms. The number of piperidine rings is 1. The van der Waals surface area contributed by atoms with Gasteiger partial charge in [-0.3, -0.25) is 4.79 Å².